The van der Waals surface area contributed by atoms with Crippen molar-refractivity contribution >= 4 is 28.1 Å². The van der Waals surface area contributed by atoms with Crippen LogP contribution in [0, 0.1) is 0 Å². The summed E-state index contributed by atoms with van der Waals surface area (Å²) in [6.45, 7) is 4.09. The molecule has 122 valence electrons. The number of ether oxygens (including phenoxy) is 1. The molecule has 24 heavy (non-hydrogen) atoms. The fourth-order valence-electron chi connectivity index (χ4n) is 2.54. The lowest BCUT2D eigenvalue weighted by Crippen LogP contribution is -2.06. The van der Waals surface area contributed by atoms with E-state index in [0.29, 0.717) is 17.5 Å². The topological polar surface area (TPSA) is 93.5 Å². The Morgan fingerprint density at radius 3 is 2.75 bits per heavy atom. The standard InChI is InChI=1S/C16H17N7O/c1-9(2)23-16(24-3)12(8-18-23)20-15-13-11(7-17-22-13)19-14(21-15)10-5-4-6-10/h4-9H,1-3H3,(H,17,22)(H,19,20,21). The van der Waals surface area contributed by atoms with Gasteiger partial charge in [0.25, 0.3) is 0 Å². The number of anilines is 2. The summed E-state index contributed by atoms with van der Waals surface area (Å²) in [6, 6.07) is 0.189. The third kappa shape index (κ3) is 2.23. The zero-order chi connectivity index (χ0) is 16.7. The number of aromatic nitrogens is 6. The Morgan fingerprint density at radius 1 is 1.25 bits per heavy atom. The quantitative estimate of drug-likeness (QED) is 0.750. The van der Waals surface area contributed by atoms with Crippen molar-refractivity contribution in [1.29, 1.82) is 0 Å². The highest BCUT2D eigenvalue weighted by atomic mass is 16.5. The van der Waals surface area contributed by atoms with Gasteiger partial charge in [-0.1, -0.05) is 18.2 Å². The molecule has 0 amide bonds. The largest absolute Gasteiger partial charge is 0.480 e. The van der Waals surface area contributed by atoms with Gasteiger partial charge < -0.3 is 10.1 Å². The Bertz CT molecular complexity index is 964. The molecule has 8 heteroatoms. The molecule has 4 rings (SSSR count). The molecule has 0 spiro atoms. The van der Waals surface area contributed by atoms with E-state index in [0.717, 1.165) is 22.3 Å². The summed E-state index contributed by atoms with van der Waals surface area (Å²) >= 11 is 0. The molecule has 0 saturated heterocycles. The van der Waals surface area contributed by atoms with Crippen LogP contribution in [-0.2, 0) is 0 Å². The summed E-state index contributed by atoms with van der Waals surface area (Å²) < 4.78 is 7.31. The molecule has 0 radical (unpaired) electrons. The minimum absolute atomic E-state index is 0.189. The van der Waals surface area contributed by atoms with E-state index in [1.807, 2.05) is 36.8 Å². The van der Waals surface area contributed by atoms with Crippen molar-refractivity contribution in [3.63, 3.8) is 0 Å². The first-order valence-corrected chi connectivity index (χ1v) is 7.65. The molecule has 3 aromatic heterocycles. The molecule has 0 atom stereocenters. The number of aromatic amines is 1. The molecule has 3 heterocycles. The van der Waals surface area contributed by atoms with Crippen LogP contribution in [0.1, 0.15) is 25.7 Å². The van der Waals surface area contributed by atoms with E-state index >= 15 is 0 Å². The van der Waals surface area contributed by atoms with E-state index in [2.05, 4.69) is 30.6 Å². The van der Waals surface area contributed by atoms with Crippen molar-refractivity contribution in [2.45, 2.75) is 19.9 Å². The predicted molar refractivity (Wildman–Crippen MR) is 91.2 cm³/mol. The maximum atomic E-state index is 5.50. The molecule has 2 N–H and O–H groups in total. The number of nitrogens with zero attached hydrogens (tertiary/aromatic N) is 5. The number of allylic oxidation sites excluding steroid dienone is 4. The molecule has 3 aromatic rings. The van der Waals surface area contributed by atoms with Gasteiger partial charge in [0.15, 0.2) is 11.6 Å². The minimum Gasteiger partial charge on any atom is -0.480 e. The summed E-state index contributed by atoms with van der Waals surface area (Å²) in [5.41, 5.74) is 3.22. The van der Waals surface area contributed by atoms with Crippen LogP contribution in [0.5, 0.6) is 5.88 Å². The lowest BCUT2D eigenvalue weighted by atomic mass is 10.1. The van der Waals surface area contributed by atoms with Gasteiger partial charge in [0.05, 0.1) is 25.5 Å². The first-order chi connectivity index (χ1) is 11.7. The number of nitrogens with one attached hydrogen (secondary N) is 2. The summed E-state index contributed by atoms with van der Waals surface area (Å²) in [5.74, 6) is 1.94. The summed E-state index contributed by atoms with van der Waals surface area (Å²) in [7, 11) is 1.63. The molecule has 0 bridgehead atoms. The van der Waals surface area contributed by atoms with Crippen LogP contribution in [0.25, 0.3) is 16.6 Å². The van der Waals surface area contributed by atoms with Gasteiger partial charge in [-0.05, 0) is 13.8 Å². The van der Waals surface area contributed by atoms with Gasteiger partial charge in [0.1, 0.15) is 16.7 Å². The SMILES string of the molecule is COc1c(Nc2nc(C3=CC=C3)nc3cn[nH]c23)cnn1C(C)C. The van der Waals surface area contributed by atoms with Crippen molar-refractivity contribution in [3.05, 3.63) is 36.4 Å². The zero-order valence-electron chi connectivity index (χ0n) is 13.6. The summed E-state index contributed by atoms with van der Waals surface area (Å²) in [4.78, 5) is 9.13. The van der Waals surface area contributed by atoms with Crippen molar-refractivity contribution in [2.24, 2.45) is 0 Å². The molecular weight excluding hydrogens is 306 g/mol. The highest BCUT2D eigenvalue weighted by Crippen LogP contribution is 2.32. The summed E-state index contributed by atoms with van der Waals surface area (Å²) in [5, 5.41) is 14.7. The number of fused-ring (bicyclic) bond motifs is 1. The van der Waals surface area contributed by atoms with Crippen molar-refractivity contribution in [2.75, 3.05) is 12.4 Å². The molecule has 1 aliphatic rings. The molecule has 0 saturated carbocycles. The van der Waals surface area contributed by atoms with Crippen LogP contribution in [0.4, 0.5) is 11.5 Å². The van der Waals surface area contributed by atoms with Crippen molar-refractivity contribution < 1.29 is 4.74 Å². The fourth-order valence-corrected chi connectivity index (χ4v) is 2.54. The zero-order valence-corrected chi connectivity index (χ0v) is 13.6. The van der Waals surface area contributed by atoms with Crippen LogP contribution < -0.4 is 10.1 Å². The van der Waals surface area contributed by atoms with Gasteiger partial charge >= 0.3 is 0 Å². The molecule has 1 aliphatic carbocycles. The molecular formula is C16H17N7O. The highest BCUT2D eigenvalue weighted by molar-refractivity contribution is 5.90. The number of methoxy groups -OCH3 is 1. The Morgan fingerprint density at radius 2 is 2.08 bits per heavy atom. The average Bonchev–Trinajstić information content (AvgIpc) is 3.11. The average molecular weight is 323 g/mol. The molecule has 0 unspecified atom stereocenters. The van der Waals surface area contributed by atoms with Gasteiger partial charge in [-0.3, -0.25) is 5.10 Å². The lowest BCUT2D eigenvalue weighted by molar-refractivity contribution is 0.347. The second kappa shape index (κ2) is 5.48. The Kier molecular flexibility index (Phi) is 3.30. The third-order valence-corrected chi connectivity index (χ3v) is 3.80. The van der Waals surface area contributed by atoms with Crippen LogP contribution >= 0.6 is 0 Å². The smallest absolute Gasteiger partial charge is 0.236 e. The van der Waals surface area contributed by atoms with E-state index in [1.165, 1.54) is 0 Å². The number of H-pyrrole nitrogens is 1. The fraction of sp³-hybridized carbons (Fsp3) is 0.250. The first kappa shape index (κ1) is 14.4. The predicted octanol–water partition coefficient (Wildman–Crippen LogP) is 2.84. The van der Waals surface area contributed by atoms with E-state index in [1.54, 1.807) is 19.5 Å². The van der Waals surface area contributed by atoms with Crippen LogP contribution in [0.2, 0.25) is 0 Å². The van der Waals surface area contributed by atoms with Crippen LogP contribution in [0.15, 0.2) is 30.6 Å². The normalized spacial score (nSPS) is 13.2. The van der Waals surface area contributed by atoms with Gasteiger partial charge in [-0.25, -0.2) is 14.6 Å². The van der Waals surface area contributed by atoms with Crippen molar-refractivity contribution in [3.8, 4) is 5.88 Å². The molecule has 0 fully saturated rings. The Balaban J connectivity index is 1.78. The number of hydrogen-bond acceptors (Lipinski definition) is 6. The second-order valence-electron chi connectivity index (χ2n) is 5.74. The van der Waals surface area contributed by atoms with E-state index in [4.69, 9.17) is 4.74 Å². The minimum atomic E-state index is 0.189. The number of hydrogen-bond donors (Lipinski definition) is 2. The maximum Gasteiger partial charge on any atom is 0.236 e. The second-order valence-corrected chi connectivity index (χ2v) is 5.74. The highest BCUT2D eigenvalue weighted by Gasteiger charge is 2.18. The van der Waals surface area contributed by atoms with Gasteiger partial charge in [0, 0.05) is 5.57 Å². The van der Waals surface area contributed by atoms with Crippen LogP contribution in [0.3, 0.4) is 0 Å². The third-order valence-electron chi connectivity index (χ3n) is 3.80. The van der Waals surface area contributed by atoms with Crippen molar-refractivity contribution in [1.82, 2.24) is 29.9 Å². The lowest BCUT2D eigenvalue weighted by Gasteiger charge is -2.13. The molecule has 0 aliphatic heterocycles. The maximum absolute atomic E-state index is 5.50. The Hall–Kier alpha value is -3.16. The molecule has 8 nitrogen and oxygen atoms in total. The van der Waals surface area contributed by atoms with Gasteiger partial charge in [-0.15, -0.1) is 0 Å². The van der Waals surface area contributed by atoms with E-state index < -0.39 is 0 Å². The molecule has 0 aromatic carbocycles. The Labute approximate surface area is 138 Å². The van der Waals surface area contributed by atoms with Gasteiger partial charge in [-0.2, -0.15) is 10.2 Å². The summed E-state index contributed by atoms with van der Waals surface area (Å²) in [6.07, 6.45) is 9.32. The first-order valence-electron chi connectivity index (χ1n) is 7.65. The van der Waals surface area contributed by atoms with Crippen LogP contribution in [-0.4, -0.2) is 37.1 Å². The monoisotopic (exact) mass is 323 g/mol. The van der Waals surface area contributed by atoms with E-state index in [-0.39, 0.29) is 6.04 Å². The van der Waals surface area contributed by atoms with E-state index in [9.17, 15) is 0 Å². The van der Waals surface area contributed by atoms with Gasteiger partial charge in [0.2, 0.25) is 5.88 Å². The number of rotatable bonds is 5.